The summed E-state index contributed by atoms with van der Waals surface area (Å²) in [4.78, 5) is 8.02. The van der Waals surface area contributed by atoms with E-state index < -0.39 is 0 Å². The van der Waals surface area contributed by atoms with Gasteiger partial charge in [0.1, 0.15) is 5.82 Å². The fourth-order valence-electron chi connectivity index (χ4n) is 2.61. The summed E-state index contributed by atoms with van der Waals surface area (Å²) in [7, 11) is 0. The summed E-state index contributed by atoms with van der Waals surface area (Å²) >= 11 is 0. The molecule has 0 unspecified atom stereocenters. The summed E-state index contributed by atoms with van der Waals surface area (Å²) < 4.78 is 0. The fraction of sp³-hybridized carbons (Fsp3) is 0.786. The molecule has 2 N–H and O–H groups in total. The Morgan fingerprint density at radius 3 is 2.76 bits per heavy atom. The quantitative estimate of drug-likeness (QED) is 0.841. The first-order valence-corrected chi connectivity index (χ1v) is 6.85. The summed E-state index contributed by atoms with van der Waals surface area (Å²) in [6.45, 7) is 8.79. The molecule has 0 radical (unpaired) electrons. The van der Waals surface area contributed by atoms with Crippen molar-refractivity contribution in [3.63, 3.8) is 0 Å². The number of nitrogens with zero attached hydrogens (tertiary/aromatic N) is 1. The van der Waals surface area contributed by atoms with Crippen molar-refractivity contribution >= 4 is 0 Å². The highest BCUT2D eigenvalue weighted by Crippen LogP contribution is 2.41. The number of hydrogen-bond acceptors (Lipinski definition) is 2. The zero-order valence-corrected chi connectivity index (χ0v) is 11.3. The lowest BCUT2D eigenvalue weighted by atomic mass is 9.73. The average molecular weight is 235 g/mol. The standard InChI is InChI=1S/C14H25N3/c1-4-15-9-12-10-16-13(17-12)11-5-7-14(2,3)8-6-11/h10-11,15H,4-9H2,1-3H3,(H,16,17). The van der Waals surface area contributed by atoms with Gasteiger partial charge in [-0.05, 0) is 37.6 Å². The first kappa shape index (κ1) is 12.6. The molecule has 96 valence electrons. The van der Waals surface area contributed by atoms with E-state index in [0.717, 1.165) is 13.1 Å². The lowest BCUT2D eigenvalue weighted by Crippen LogP contribution is -2.20. The molecule has 2 rings (SSSR count). The van der Waals surface area contributed by atoms with Gasteiger partial charge in [-0.25, -0.2) is 4.98 Å². The molecule has 0 atom stereocenters. The van der Waals surface area contributed by atoms with Gasteiger partial charge >= 0.3 is 0 Å². The minimum absolute atomic E-state index is 0.537. The van der Waals surface area contributed by atoms with E-state index in [1.807, 2.05) is 6.20 Å². The third-order valence-electron chi connectivity index (χ3n) is 3.94. The van der Waals surface area contributed by atoms with Gasteiger partial charge in [-0.3, -0.25) is 0 Å². The van der Waals surface area contributed by atoms with E-state index in [0.29, 0.717) is 11.3 Å². The second kappa shape index (κ2) is 5.21. The Kier molecular flexibility index (Phi) is 3.87. The summed E-state index contributed by atoms with van der Waals surface area (Å²) in [5.74, 6) is 1.85. The number of H-pyrrole nitrogens is 1. The number of nitrogens with one attached hydrogen (secondary N) is 2. The lowest BCUT2D eigenvalue weighted by Gasteiger charge is -2.33. The molecule has 1 aliphatic rings. The van der Waals surface area contributed by atoms with Crippen LogP contribution in [0.4, 0.5) is 0 Å². The SMILES string of the molecule is CCNCc1cnc(C2CCC(C)(C)CC2)[nH]1. The molecule has 3 nitrogen and oxygen atoms in total. The van der Waals surface area contributed by atoms with Crippen LogP contribution in [0, 0.1) is 5.41 Å². The highest BCUT2D eigenvalue weighted by Gasteiger charge is 2.28. The maximum absolute atomic E-state index is 4.54. The normalized spacial score (nSPS) is 20.6. The Morgan fingerprint density at radius 2 is 2.12 bits per heavy atom. The third kappa shape index (κ3) is 3.32. The predicted molar refractivity (Wildman–Crippen MR) is 71.0 cm³/mol. The van der Waals surface area contributed by atoms with Crippen molar-refractivity contribution in [2.75, 3.05) is 6.54 Å². The molecule has 1 aromatic heterocycles. The predicted octanol–water partition coefficient (Wildman–Crippen LogP) is 3.20. The fourth-order valence-corrected chi connectivity index (χ4v) is 2.61. The molecule has 1 aromatic rings. The zero-order chi connectivity index (χ0) is 12.3. The van der Waals surface area contributed by atoms with Crippen LogP contribution in [-0.2, 0) is 6.54 Å². The van der Waals surface area contributed by atoms with Crippen LogP contribution in [-0.4, -0.2) is 16.5 Å². The smallest absolute Gasteiger partial charge is 0.109 e. The summed E-state index contributed by atoms with van der Waals surface area (Å²) in [5.41, 5.74) is 1.75. The van der Waals surface area contributed by atoms with Crippen molar-refractivity contribution in [2.45, 2.75) is 58.9 Å². The van der Waals surface area contributed by atoms with Crippen LogP contribution in [0.2, 0.25) is 0 Å². The van der Waals surface area contributed by atoms with Gasteiger partial charge in [0.05, 0.1) is 0 Å². The van der Waals surface area contributed by atoms with Crippen molar-refractivity contribution in [3.8, 4) is 0 Å². The largest absolute Gasteiger partial charge is 0.345 e. The topological polar surface area (TPSA) is 40.7 Å². The van der Waals surface area contributed by atoms with Gasteiger partial charge in [0.15, 0.2) is 0 Å². The van der Waals surface area contributed by atoms with E-state index in [-0.39, 0.29) is 0 Å². The van der Waals surface area contributed by atoms with Crippen LogP contribution in [0.25, 0.3) is 0 Å². The van der Waals surface area contributed by atoms with Gasteiger partial charge in [0.25, 0.3) is 0 Å². The van der Waals surface area contributed by atoms with E-state index in [1.165, 1.54) is 37.2 Å². The highest BCUT2D eigenvalue weighted by molar-refractivity contribution is 5.07. The summed E-state index contributed by atoms with van der Waals surface area (Å²) in [6, 6.07) is 0. The molecule has 1 aliphatic carbocycles. The van der Waals surface area contributed by atoms with Gasteiger partial charge in [0, 0.05) is 24.4 Å². The van der Waals surface area contributed by atoms with E-state index in [1.54, 1.807) is 0 Å². The van der Waals surface area contributed by atoms with Crippen LogP contribution in [0.5, 0.6) is 0 Å². The minimum atomic E-state index is 0.537. The molecule has 0 spiro atoms. The number of rotatable bonds is 4. The first-order valence-electron chi connectivity index (χ1n) is 6.85. The van der Waals surface area contributed by atoms with Crippen molar-refractivity contribution in [2.24, 2.45) is 5.41 Å². The Hall–Kier alpha value is -0.830. The molecule has 0 bridgehead atoms. The third-order valence-corrected chi connectivity index (χ3v) is 3.94. The monoisotopic (exact) mass is 235 g/mol. The van der Waals surface area contributed by atoms with Crippen molar-refractivity contribution in [1.82, 2.24) is 15.3 Å². The number of aromatic nitrogens is 2. The van der Waals surface area contributed by atoms with E-state index in [9.17, 15) is 0 Å². The van der Waals surface area contributed by atoms with Crippen molar-refractivity contribution in [1.29, 1.82) is 0 Å². The van der Waals surface area contributed by atoms with Crippen LogP contribution in [0.1, 0.15) is 63.9 Å². The van der Waals surface area contributed by atoms with Crippen LogP contribution in [0.15, 0.2) is 6.20 Å². The Balaban J connectivity index is 1.92. The maximum atomic E-state index is 4.54. The van der Waals surface area contributed by atoms with Gasteiger partial charge < -0.3 is 10.3 Å². The Bertz CT molecular complexity index is 344. The van der Waals surface area contributed by atoms with Gasteiger partial charge in [-0.1, -0.05) is 20.8 Å². The maximum Gasteiger partial charge on any atom is 0.109 e. The summed E-state index contributed by atoms with van der Waals surface area (Å²) in [5, 5.41) is 3.32. The summed E-state index contributed by atoms with van der Waals surface area (Å²) in [6.07, 6.45) is 7.18. The second-order valence-corrected chi connectivity index (χ2v) is 6.01. The van der Waals surface area contributed by atoms with E-state index in [2.05, 4.69) is 36.1 Å². The molecule has 1 heterocycles. The van der Waals surface area contributed by atoms with Gasteiger partial charge in [0.2, 0.25) is 0 Å². The molecule has 0 aliphatic heterocycles. The second-order valence-electron chi connectivity index (χ2n) is 6.01. The molecule has 3 heteroatoms. The highest BCUT2D eigenvalue weighted by atomic mass is 15.0. The average Bonchev–Trinajstić information content (AvgIpc) is 2.75. The molecule has 0 aromatic carbocycles. The van der Waals surface area contributed by atoms with Crippen LogP contribution < -0.4 is 5.32 Å². The minimum Gasteiger partial charge on any atom is -0.345 e. The molecule has 0 saturated heterocycles. The van der Waals surface area contributed by atoms with Crippen LogP contribution >= 0.6 is 0 Å². The molecule has 1 saturated carbocycles. The molecular weight excluding hydrogens is 210 g/mol. The van der Waals surface area contributed by atoms with Crippen molar-refractivity contribution < 1.29 is 0 Å². The molecule has 1 fully saturated rings. The van der Waals surface area contributed by atoms with Gasteiger partial charge in [-0.2, -0.15) is 0 Å². The Morgan fingerprint density at radius 1 is 1.41 bits per heavy atom. The number of imidazole rings is 1. The van der Waals surface area contributed by atoms with Gasteiger partial charge in [-0.15, -0.1) is 0 Å². The van der Waals surface area contributed by atoms with E-state index in [4.69, 9.17) is 0 Å². The van der Waals surface area contributed by atoms with E-state index >= 15 is 0 Å². The number of aromatic amines is 1. The number of hydrogen-bond donors (Lipinski definition) is 2. The zero-order valence-electron chi connectivity index (χ0n) is 11.3. The Labute approximate surface area is 104 Å². The molecule has 0 amide bonds. The first-order chi connectivity index (χ1) is 8.11. The van der Waals surface area contributed by atoms with Crippen molar-refractivity contribution in [3.05, 3.63) is 17.7 Å². The molecule has 17 heavy (non-hydrogen) atoms. The lowest BCUT2D eigenvalue weighted by molar-refractivity contribution is 0.221. The van der Waals surface area contributed by atoms with Crippen LogP contribution in [0.3, 0.4) is 0 Å². The molecular formula is C14H25N3.